The summed E-state index contributed by atoms with van der Waals surface area (Å²) in [7, 11) is 0. The molecule has 0 aliphatic carbocycles. The van der Waals surface area contributed by atoms with E-state index in [4.69, 9.17) is 4.74 Å². The third-order valence-electron chi connectivity index (χ3n) is 3.51. The molecule has 5 heteroatoms. The topological polar surface area (TPSA) is 55.4 Å². The van der Waals surface area contributed by atoms with E-state index in [2.05, 4.69) is 5.32 Å². The van der Waals surface area contributed by atoms with Crippen LogP contribution in [-0.4, -0.2) is 30.7 Å². The average molecular weight is 343 g/mol. The number of hydrogen-bond acceptors (Lipinski definition) is 5. The van der Waals surface area contributed by atoms with Gasteiger partial charge in [-0.05, 0) is 30.9 Å². The van der Waals surface area contributed by atoms with Crippen LogP contribution in [0.25, 0.3) is 0 Å². The average Bonchev–Trinajstić information content (AvgIpc) is 2.63. The van der Waals surface area contributed by atoms with Crippen LogP contribution < -0.4 is 5.32 Å². The maximum Gasteiger partial charge on any atom is 0.331 e. The maximum absolute atomic E-state index is 12.7. The van der Waals surface area contributed by atoms with Gasteiger partial charge in [-0.3, -0.25) is 10.1 Å². The SMILES string of the molecule is CCOC(=O)C(NCc1ccccc1)C(=O)c1ccc(SC)cc1. The van der Waals surface area contributed by atoms with Gasteiger partial charge in [0.15, 0.2) is 11.8 Å². The van der Waals surface area contributed by atoms with Crippen molar-refractivity contribution in [2.45, 2.75) is 24.4 Å². The zero-order valence-corrected chi connectivity index (χ0v) is 14.6. The summed E-state index contributed by atoms with van der Waals surface area (Å²) in [6.07, 6.45) is 1.97. The quantitative estimate of drug-likeness (QED) is 0.345. The monoisotopic (exact) mass is 343 g/mol. The number of benzene rings is 2. The fraction of sp³-hybridized carbons (Fsp3) is 0.263. The van der Waals surface area contributed by atoms with Gasteiger partial charge in [-0.1, -0.05) is 42.5 Å². The molecule has 0 saturated heterocycles. The number of carbonyl (C=O) groups is 2. The predicted octanol–water partition coefficient (Wildman–Crippen LogP) is 3.31. The summed E-state index contributed by atoms with van der Waals surface area (Å²) in [6.45, 7) is 2.38. The molecular weight excluding hydrogens is 322 g/mol. The Morgan fingerprint density at radius 3 is 2.33 bits per heavy atom. The first-order chi connectivity index (χ1) is 11.7. The van der Waals surface area contributed by atoms with Crippen molar-refractivity contribution < 1.29 is 14.3 Å². The van der Waals surface area contributed by atoms with Gasteiger partial charge in [0.1, 0.15) is 0 Å². The van der Waals surface area contributed by atoms with Gasteiger partial charge in [-0.25, -0.2) is 4.79 Å². The Morgan fingerprint density at radius 1 is 1.08 bits per heavy atom. The number of nitrogens with one attached hydrogen (secondary N) is 1. The van der Waals surface area contributed by atoms with Crippen molar-refractivity contribution in [1.29, 1.82) is 0 Å². The molecule has 0 aliphatic heterocycles. The van der Waals surface area contributed by atoms with E-state index in [-0.39, 0.29) is 12.4 Å². The summed E-state index contributed by atoms with van der Waals surface area (Å²) in [5.41, 5.74) is 1.49. The van der Waals surface area contributed by atoms with Crippen LogP contribution >= 0.6 is 11.8 Å². The molecular formula is C19H21NO3S. The minimum atomic E-state index is -1.01. The highest BCUT2D eigenvalue weighted by Crippen LogP contribution is 2.16. The van der Waals surface area contributed by atoms with Crippen LogP contribution in [-0.2, 0) is 16.1 Å². The van der Waals surface area contributed by atoms with Gasteiger partial charge in [-0.15, -0.1) is 11.8 Å². The highest BCUT2D eigenvalue weighted by Gasteiger charge is 2.28. The van der Waals surface area contributed by atoms with Gasteiger partial charge < -0.3 is 4.74 Å². The van der Waals surface area contributed by atoms with E-state index < -0.39 is 12.0 Å². The molecule has 0 aromatic heterocycles. The van der Waals surface area contributed by atoms with Crippen LogP contribution in [0.15, 0.2) is 59.5 Å². The third-order valence-corrected chi connectivity index (χ3v) is 4.26. The molecule has 0 fully saturated rings. The summed E-state index contributed by atoms with van der Waals surface area (Å²) in [4.78, 5) is 26.0. The minimum Gasteiger partial charge on any atom is -0.464 e. The summed E-state index contributed by atoms with van der Waals surface area (Å²) >= 11 is 1.60. The lowest BCUT2D eigenvalue weighted by molar-refractivity contribution is -0.144. The lowest BCUT2D eigenvalue weighted by Gasteiger charge is -2.16. The van der Waals surface area contributed by atoms with Gasteiger partial charge >= 0.3 is 5.97 Å². The Kier molecular flexibility index (Phi) is 7.03. The van der Waals surface area contributed by atoms with Crippen molar-refractivity contribution in [3.63, 3.8) is 0 Å². The van der Waals surface area contributed by atoms with Gasteiger partial charge in [0, 0.05) is 17.0 Å². The Labute approximate surface area is 146 Å². The van der Waals surface area contributed by atoms with E-state index in [0.717, 1.165) is 10.5 Å². The van der Waals surface area contributed by atoms with E-state index in [0.29, 0.717) is 12.1 Å². The molecule has 2 aromatic carbocycles. The van der Waals surface area contributed by atoms with Gasteiger partial charge in [0.05, 0.1) is 6.61 Å². The van der Waals surface area contributed by atoms with Crippen LogP contribution in [0.1, 0.15) is 22.8 Å². The molecule has 0 radical (unpaired) electrons. The zero-order valence-electron chi connectivity index (χ0n) is 13.8. The zero-order chi connectivity index (χ0) is 17.4. The Balaban J connectivity index is 2.14. The van der Waals surface area contributed by atoms with Crippen LogP contribution in [0.4, 0.5) is 0 Å². The fourth-order valence-electron chi connectivity index (χ4n) is 2.25. The summed E-state index contributed by atoms with van der Waals surface area (Å²) < 4.78 is 5.05. The second-order valence-electron chi connectivity index (χ2n) is 5.14. The first kappa shape index (κ1) is 18.2. The van der Waals surface area contributed by atoms with E-state index in [1.54, 1.807) is 30.8 Å². The third kappa shape index (κ3) is 4.94. The summed E-state index contributed by atoms with van der Waals surface area (Å²) in [5.74, 6) is -0.829. The van der Waals surface area contributed by atoms with Crippen LogP contribution in [0.5, 0.6) is 0 Å². The van der Waals surface area contributed by atoms with Crippen LogP contribution in [0.2, 0.25) is 0 Å². The van der Waals surface area contributed by atoms with Crippen molar-refractivity contribution in [1.82, 2.24) is 5.32 Å². The maximum atomic E-state index is 12.7. The van der Waals surface area contributed by atoms with Crippen molar-refractivity contribution in [3.8, 4) is 0 Å². The normalized spacial score (nSPS) is 11.8. The Hall–Kier alpha value is -2.11. The van der Waals surface area contributed by atoms with Crippen LogP contribution in [0, 0.1) is 0 Å². The molecule has 4 nitrogen and oxygen atoms in total. The molecule has 2 rings (SSSR count). The first-order valence-corrected chi connectivity index (χ1v) is 9.00. The smallest absolute Gasteiger partial charge is 0.331 e. The predicted molar refractivity (Wildman–Crippen MR) is 96.3 cm³/mol. The largest absolute Gasteiger partial charge is 0.464 e. The van der Waals surface area contributed by atoms with Crippen molar-refractivity contribution in [3.05, 3.63) is 65.7 Å². The molecule has 24 heavy (non-hydrogen) atoms. The second-order valence-corrected chi connectivity index (χ2v) is 6.02. The Morgan fingerprint density at radius 2 is 1.75 bits per heavy atom. The number of ether oxygens (including phenoxy) is 1. The second kappa shape index (κ2) is 9.25. The number of hydrogen-bond donors (Lipinski definition) is 1. The fourth-order valence-corrected chi connectivity index (χ4v) is 2.65. The minimum absolute atomic E-state index is 0.237. The molecule has 1 atom stereocenters. The van der Waals surface area contributed by atoms with E-state index >= 15 is 0 Å². The lowest BCUT2D eigenvalue weighted by Crippen LogP contribution is -2.44. The molecule has 0 amide bonds. The lowest BCUT2D eigenvalue weighted by atomic mass is 10.0. The van der Waals surface area contributed by atoms with Gasteiger partial charge in [0.25, 0.3) is 0 Å². The highest BCUT2D eigenvalue weighted by atomic mass is 32.2. The van der Waals surface area contributed by atoms with Crippen molar-refractivity contribution in [2.24, 2.45) is 0 Å². The molecule has 0 bridgehead atoms. The molecule has 126 valence electrons. The number of esters is 1. The van der Waals surface area contributed by atoms with Crippen LogP contribution in [0.3, 0.4) is 0 Å². The van der Waals surface area contributed by atoms with E-state index in [9.17, 15) is 9.59 Å². The molecule has 2 aromatic rings. The Bertz CT molecular complexity index is 671. The molecule has 0 aliphatic rings. The molecule has 0 saturated carbocycles. The first-order valence-electron chi connectivity index (χ1n) is 7.78. The summed E-state index contributed by atoms with van der Waals surface area (Å²) in [5, 5.41) is 3.02. The standard InChI is InChI=1S/C19H21NO3S/c1-3-23-19(22)17(20-13-14-7-5-4-6-8-14)18(21)15-9-11-16(24-2)12-10-15/h4-12,17,20H,3,13H2,1-2H3. The molecule has 1 N–H and O–H groups in total. The summed E-state index contributed by atoms with van der Waals surface area (Å²) in [6, 6.07) is 15.8. The van der Waals surface area contributed by atoms with E-state index in [1.165, 1.54) is 0 Å². The number of Topliss-reactive ketones (excluding diaryl/α,β-unsaturated/α-hetero) is 1. The molecule has 1 unspecified atom stereocenters. The molecule has 0 heterocycles. The number of thioether (sulfide) groups is 1. The van der Waals surface area contributed by atoms with Gasteiger partial charge in [0.2, 0.25) is 0 Å². The number of carbonyl (C=O) groups excluding carboxylic acids is 2. The molecule has 0 spiro atoms. The van der Waals surface area contributed by atoms with Crippen molar-refractivity contribution >= 4 is 23.5 Å². The highest BCUT2D eigenvalue weighted by molar-refractivity contribution is 7.98. The van der Waals surface area contributed by atoms with Gasteiger partial charge in [-0.2, -0.15) is 0 Å². The van der Waals surface area contributed by atoms with E-state index in [1.807, 2.05) is 48.7 Å². The van der Waals surface area contributed by atoms with Crippen molar-refractivity contribution in [2.75, 3.05) is 12.9 Å². The number of rotatable bonds is 8. The number of ketones is 1.